The van der Waals surface area contributed by atoms with E-state index >= 15 is 0 Å². The third kappa shape index (κ3) is 5.48. The lowest BCUT2D eigenvalue weighted by Gasteiger charge is -2.50. The number of hydrogen-bond donors (Lipinski definition) is 3. The molecule has 1 atom stereocenters. The lowest BCUT2D eigenvalue weighted by molar-refractivity contribution is -0.101. The van der Waals surface area contributed by atoms with E-state index in [2.05, 4.69) is 39.0 Å². The van der Waals surface area contributed by atoms with E-state index in [1.165, 1.54) is 14.7 Å². The highest BCUT2D eigenvalue weighted by Gasteiger charge is 2.40. The maximum atomic E-state index is 13.8. The van der Waals surface area contributed by atoms with Crippen molar-refractivity contribution in [3.63, 3.8) is 0 Å². The van der Waals surface area contributed by atoms with Crippen LogP contribution in [-0.4, -0.2) is 88.2 Å². The summed E-state index contributed by atoms with van der Waals surface area (Å²) >= 11 is 0. The zero-order chi connectivity index (χ0) is 34.9. The van der Waals surface area contributed by atoms with Gasteiger partial charge < -0.3 is 34.1 Å². The molecule has 7 heterocycles. The van der Waals surface area contributed by atoms with Crippen molar-refractivity contribution in [2.24, 2.45) is 12.5 Å². The van der Waals surface area contributed by atoms with Crippen molar-refractivity contribution in [2.45, 2.75) is 52.0 Å². The largest absolute Gasteiger partial charge is 0.392 e. The molecule has 260 valence electrons. The molecule has 5 aromatic rings. The van der Waals surface area contributed by atoms with Gasteiger partial charge in [0, 0.05) is 68.3 Å². The fourth-order valence-electron chi connectivity index (χ4n) is 7.64. The summed E-state index contributed by atoms with van der Waals surface area (Å²) in [5.41, 5.74) is 3.45. The maximum Gasteiger partial charge on any atom is 0.293 e. The van der Waals surface area contributed by atoms with Gasteiger partial charge in [-0.05, 0) is 55.0 Å². The van der Waals surface area contributed by atoms with Crippen LogP contribution in [0, 0.1) is 5.41 Å². The van der Waals surface area contributed by atoms with Gasteiger partial charge >= 0.3 is 0 Å². The number of piperazine rings is 1. The monoisotopic (exact) mass is 679 g/mol. The number of aliphatic hydroxyl groups is 2. The number of aliphatic hydroxyl groups excluding tert-OH is 1. The number of pyridine rings is 2. The number of fused-ring (bicyclic) bond motifs is 3. The van der Waals surface area contributed by atoms with Crippen LogP contribution in [0.1, 0.15) is 37.6 Å². The molecule has 50 heavy (non-hydrogen) atoms. The lowest BCUT2D eigenvalue weighted by Crippen LogP contribution is -2.65. The van der Waals surface area contributed by atoms with Crippen LogP contribution in [0.5, 0.6) is 0 Å². The van der Waals surface area contributed by atoms with Crippen LogP contribution < -0.4 is 21.3 Å². The number of nitrogens with zero attached hydrogens (tertiary/aromatic N) is 8. The number of anilines is 3. The molecular formula is C36H41N9O5. The van der Waals surface area contributed by atoms with Gasteiger partial charge in [0.15, 0.2) is 5.82 Å². The zero-order valence-corrected chi connectivity index (χ0v) is 28.6. The Balaban J connectivity index is 1.08. The van der Waals surface area contributed by atoms with Crippen molar-refractivity contribution in [1.29, 1.82) is 0 Å². The fourth-order valence-corrected chi connectivity index (χ4v) is 7.64. The van der Waals surface area contributed by atoms with E-state index in [1.54, 1.807) is 50.9 Å². The van der Waals surface area contributed by atoms with Gasteiger partial charge in [-0.15, -0.1) is 0 Å². The van der Waals surface area contributed by atoms with Crippen molar-refractivity contribution >= 4 is 22.8 Å². The van der Waals surface area contributed by atoms with Gasteiger partial charge in [0.25, 0.3) is 11.1 Å². The van der Waals surface area contributed by atoms with Crippen molar-refractivity contribution in [3.05, 3.63) is 92.8 Å². The molecule has 14 heteroatoms. The first-order valence-electron chi connectivity index (χ1n) is 16.9. The SMILES string of the molecule is Cn1cc(-c2ccnc(-n3ccn4c5c(cc4c3=O)CC(C)(C)C5)c2CO)nc(Nc2ccc(N3CCN(C4COC4)C[C@]3(C)O)cn2)c1=O. The highest BCUT2D eigenvalue weighted by molar-refractivity contribution is 5.68. The molecule has 0 aromatic carbocycles. The lowest BCUT2D eigenvalue weighted by atomic mass is 9.90. The van der Waals surface area contributed by atoms with E-state index in [1.807, 2.05) is 27.6 Å². The maximum absolute atomic E-state index is 13.8. The van der Waals surface area contributed by atoms with Gasteiger partial charge in [-0.25, -0.2) is 15.0 Å². The molecule has 8 rings (SSSR count). The minimum atomic E-state index is -1.08. The molecule has 0 unspecified atom stereocenters. The first-order valence-corrected chi connectivity index (χ1v) is 16.9. The smallest absolute Gasteiger partial charge is 0.293 e. The highest BCUT2D eigenvalue weighted by atomic mass is 16.5. The third-order valence-corrected chi connectivity index (χ3v) is 10.3. The van der Waals surface area contributed by atoms with E-state index in [-0.39, 0.29) is 22.4 Å². The summed E-state index contributed by atoms with van der Waals surface area (Å²) < 4.78 is 10.2. The predicted octanol–water partition coefficient (Wildman–Crippen LogP) is 2.23. The molecule has 5 aromatic heterocycles. The van der Waals surface area contributed by atoms with E-state index in [9.17, 15) is 19.8 Å². The number of β-amino-alcohol motifs (C(OH)–C–C–N with tert-alkyl or cyclic N) is 1. The van der Waals surface area contributed by atoms with Crippen LogP contribution in [0.4, 0.5) is 17.3 Å². The number of aromatic nitrogens is 6. The van der Waals surface area contributed by atoms with Gasteiger partial charge in [-0.2, -0.15) is 0 Å². The number of hydrogen-bond acceptors (Lipinski definition) is 11. The Kier molecular flexibility index (Phi) is 7.67. The molecule has 14 nitrogen and oxygen atoms in total. The zero-order valence-electron chi connectivity index (χ0n) is 28.6. The molecule has 0 radical (unpaired) electrons. The quantitative estimate of drug-likeness (QED) is 0.232. The first-order chi connectivity index (χ1) is 23.9. The number of aryl methyl sites for hydroxylation is 1. The Morgan fingerprint density at radius 1 is 1.04 bits per heavy atom. The minimum Gasteiger partial charge on any atom is -0.392 e. The summed E-state index contributed by atoms with van der Waals surface area (Å²) in [5.74, 6) is 0.736. The summed E-state index contributed by atoms with van der Waals surface area (Å²) in [7, 11) is 1.62. The molecule has 1 aliphatic carbocycles. The number of ether oxygens (including phenoxy) is 1. The van der Waals surface area contributed by atoms with Crippen molar-refractivity contribution in [1.82, 2.24) is 33.4 Å². The minimum absolute atomic E-state index is 0.0417. The highest BCUT2D eigenvalue weighted by Crippen LogP contribution is 2.37. The summed E-state index contributed by atoms with van der Waals surface area (Å²) in [5, 5.41) is 25.0. The van der Waals surface area contributed by atoms with Crippen molar-refractivity contribution in [2.75, 3.05) is 43.1 Å². The number of nitrogens with one attached hydrogen (secondary N) is 1. The second-order valence-corrected chi connectivity index (χ2v) is 14.6. The number of rotatable bonds is 7. The Labute approximate surface area is 288 Å². The Morgan fingerprint density at radius 2 is 1.86 bits per heavy atom. The normalized spacial score (nSPS) is 20.6. The fraction of sp³-hybridized carbons (Fsp3) is 0.417. The van der Waals surface area contributed by atoms with E-state index in [0.717, 1.165) is 30.8 Å². The third-order valence-electron chi connectivity index (χ3n) is 10.3. The van der Waals surface area contributed by atoms with E-state index < -0.39 is 12.3 Å². The van der Waals surface area contributed by atoms with Crippen LogP contribution in [0.15, 0.2) is 64.8 Å². The van der Waals surface area contributed by atoms with Crippen LogP contribution in [0.3, 0.4) is 0 Å². The van der Waals surface area contributed by atoms with Crippen LogP contribution >= 0.6 is 0 Å². The van der Waals surface area contributed by atoms with Gasteiger partial charge in [0.2, 0.25) is 0 Å². The van der Waals surface area contributed by atoms with Crippen LogP contribution in [0.2, 0.25) is 0 Å². The molecule has 0 amide bonds. The Hall–Kier alpha value is -4.89. The predicted molar refractivity (Wildman–Crippen MR) is 188 cm³/mol. The second kappa shape index (κ2) is 11.9. The molecule has 0 saturated carbocycles. The van der Waals surface area contributed by atoms with E-state index in [4.69, 9.17) is 4.74 Å². The van der Waals surface area contributed by atoms with Gasteiger partial charge in [0.05, 0.1) is 43.4 Å². The van der Waals surface area contributed by atoms with Crippen molar-refractivity contribution < 1.29 is 14.9 Å². The molecule has 2 aliphatic heterocycles. The molecular weight excluding hydrogens is 638 g/mol. The molecule has 3 aliphatic rings. The molecule has 3 N–H and O–H groups in total. The van der Waals surface area contributed by atoms with Gasteiger partial charge in [-0.3, -0.25) is 19.1 Å². The van der Waals surface area contributed by atoms with Gasteiger partial charge in [-0.1, -0.05) is 13.8 Å². The van der Waals surface area contributed by atoms with Gasteiger partial charge in [0.1, 0.15) is 22.9 Å². The standard InChI is InChI=1S/C36H41N9O5/c1-35(2)14-22-13-28-33(47)44(11-10-43(28)29(22)15-35)32-26(18-46)25(7-8-37-32)27-17-41(4)34(48)31(39-27)40-30-6-5-23(16-38-30)45-12-9-42(21-36(45,3)49)24-19-50-20-24/h5-8,10-11,13,16-17,24,46,49H,9,12,14-15,18-21H2,1-4H3,(H,38,39,40)/t36-/m0/s1. The topological polar surface area (TPSA) is 155 Å². The van der Waals surface area contributed by atoms with Crippen molar-refractivity contribution in [3.8, 4) is 17.1 Å². The van der Waals surface area contributed by atoms with E-state index in [0.29, 0.717) is 66.3 Å². The average molecular weight is 680 g/mol. The summed E-state index contributed by atoms with van der Waals surface area (Å²) in [4.78, 5) is 44.9. The molecule has 0 spiro atoms. The molecule has 2 fully saturated rings. The summed E-state index contributed by atoms with van der Waals surface area (Å²) in [6, 6.07) is 7.62. The van der Waals surface area contributed by atoms with Crippen LogP contribution in [-0.2, 0) is 31.2 Å². The molecule has 2 saturated heterocycles. The second-order valence-electron chi connectivity index (χ2n) is 14.6. The first kappa shape index (κ1) is 32.3. The molecule has 0 bridgehead atoms. The summed E-state index contributed by atoms with van der Waals surface area (Å²) in [6.45, 7) is 9.17. The Bertz CT molecular complexity index is 2230. The summed E-state index contributed by atoms with van der Waals surface area (Å²) in [6.07, 6.45) is 10.2. The Morgan fingerprint density at radius 3 is 2.56 bits per heavy atom. The average Bonchev–Trinajstić information content (AvgIpc) is 3.54. The van der Waals surface area contributed by atoms with Crippen LogP contribution in [0.25, 0.3) is 22.6 Å².